The van der Waals surface area contributed by atoms with E-state index >= 15 is 0 Å². The Morgan fingerprint density at radius 2 is 1.92 bits per heavy atom. The van der Waals surface area contributed by atoms with Crippen LogP contribution < -0.4 is 5.56 Å². The quantitative estimate of drug-likeness (QED) is 0.941. The Labute approximate surface area is 142 Å². The molecular weight excluding hydrogens is 302 g/mol. The number of pyridine rings is 1. The van der Waals surface area contributed by atoms with Gasteiger partial charge in [-0.2, -0.15) is 0 Å². The van der Waals surface area contributed by atoms with Crippen LogP contribution in [0.25, 0.3) is 10.9 Å². The molecule has 1 aromatic heterocycles. The minimum absolute atomic E-state index is 0.0226. The fraction of sp³-hybridized carbons (Fsp3) is 0.474. The third-order valence-corrected chi connectivity index (χ3v) is 4.81. The first-order valence-electron chi connectivity index (χ1n) is 8.56. The lowest BCUT2D eigenvalue weighted by atomic mass is 10.1. The molecule has 1 aliphatic rings. The second-order valence-electron chi connectivity index (χ2n) is 6.96. The molecule has 1 heterocycles. The molecule has 0 radical (unpaired) electrons. The number of carbonyl (C=O) groups is 1. The van der Waals surface area contributed by atoms with E-state index in [1.807, 2.05) is 30.0 Å². The number of urea groups is 1. The van der Waals surface area contributed by atoms with Crippen molar-refractivity contribution in [2.75, 3.05) is 14.1 Å². The van der Waals surface area contributed by atoms with Crippen molar-refractivity contribution in [2.24, 2.45) is 0 Å². The van der Waals surface area contributed by atoms with Crippen LogP contribution in [-0.2, 0) is 6.54 Å². The Kier molecular flexibility index (Phi) is 4.60. The molecule has 1 aromatic carbocycles. The summed E-state index contributed by atoms with van der Waals surface area (Å²) in [7, 11) is 3.52. The van der Waals surface area contributed by atoms with Crippen LogP contribution in [0.2, 0.25) is 0 Å². The van der Waals surface area contributed by atoms with Gasteiger partial charge in [-0.1, -0.05) is 24.5 Å². The average molecular weight is 327 g/mol. The van der Waals surface area contributed by atoms with E-state index in [2.05, 4.69) is 11.1 Å². The Morgan fingerprint density at radius 1 is 1.21 bits per heavy atom. The number of aromatic amines is 1. The zero-order valence-electron chi connectivity index (χ0n) is 14.6. The van der Waals surface area contributed by atoms with Gasteiger partial charge in [0.05, 0.1) is 6.54 Å². The Hall–Kier alpha value is -2.30. The fourth-order valence-electron chi connectivity index (χ4n) is 3.50. The van der Waals surface area contributed by atoms with E-state index in [1.165, 1.54) is 0 Å². The maximum absolute atomic E-state index is 12.6. The fourth-order valence-corrected chi connectivity index (χ4v) is 3.50. The minimum Gasteiger partial charge on any atom is -0.331 e. The highest BCUT2D eigenvalue weighted by Crippen LogP contribution is 2.25. The molecule has 0 atom stereocenters. The van der Waals surface area contributed by atoms with Gasteiger partial charge < -0.3 is 14.8 Å². The highest BCUT2D eigenvalue weighted by atomic mass is 16.2. The van der Waals surface area contributed by atoms with E-state index in [1.54, 1.807) is 19.0 Å². The van der Waals surface area contributed by atoms with Crippen molar-refractivity contribution in [3.63, 3.8) is 0 Å². The summed E-state index contributed by atoms with van der Waals surface area (Å²) >= 11 is 0. The number of aryl methyl sites for hydroxylation is 1. The van der Waals surface area contributed by atoms with Crippen molar-refractivity contribution in [2.45, 2.75) is 45.2 Å². The van der Waals surface area contributed by atoms with Gasteiger partial charge >= 0.3 is 6.03 Å². The first-order valence-corrected chi connectivity index (χ1v) is 8.56. The van der Waals surface area contributed by atoms with Crippen LogP contribution in [0.4, 0.5) is 4.79 Å². The molecule has 1 saturated carbocycles. The summed E-state index contributed by atoms with van der Waals surface area (Å²) in [5.74, 6) is 0. The van der Waals surface area contributed by atoms with Crippen molar-refractivity contribution in [1.82, 2.24) is 14.8 Å². The van der Waals surface area contributed by atoms with E-state index in [-0.39, 0.29) is 17.6 Å². The molecule has 1 fully saturated rings. The van der Waals surface area contributed by atoms with E-state index in [0.29, 0.717) is 12.1 Å². The predicted octanol–water partition coefficient (Wildman–Crippen LogP) is 3.26. The zero-order valence-corrected chi connectivity index (χ0v) is 14.6. The first kappa shape index (κ1) is 16.6. The summed E-state index contributed by atoms with van der Waals surface area (Å²) in [6.07, 6.45) is 4.33. The molecule has 2 aromatic rings. The van der Waals surface area contributed by atoms with Crippen LogP contribution in [0.3, 0.4) is 0 Å². The number of H-pyrrole nitrogens is 1. The van der Waals surface area contributed by atoms with Crippen LogP contribution >= 0.6 is 0 Å². The number of rotatable bonds is 3. The van der Waals surface area contributed by atoms with Crippen molar-refractivity contribution in [1.29, 1.82) is 0 Å². The Morgan fingerprint density at radius 3 is 2.58 bits per heavy atom. The van der Waals surface area contributed by atoms with Crippen LogP contribution in [0.1, 0.15) is 36.8 Å². The summed E-state index contributed by atoms with van der Waals surface area (Å²) in [6, 6.07) is 8.10. The van der Waals surface area contributed by atoms with Gasteiger partial charge in [0.15, 0.2) is 0 Å². The second-order valence-corrected chi connectivity index (χ2v) is 6.96. The number of aromatic nitrogens is 1. The van der Waals surface area contributed by atoms with Crippen molar-refractivity contribution >= 4 is 16.9 Å². The van der Waals surface area contributed by atoms with Gasteiger partial charge in [0, 0.05) is 31.2 Å². The standard InChI is InChI=1S/C19H25N3O2/c1-13-8-9-17-14(10-13)11-15(18(23)20-17)12-22(19(24)21(2)3)16-6-4-5-7-16/h8-11,16H,4-7,12H2,1-3H3,(H,20,23). The van der Waals surface area contributed by atoms with Gasteiger partial charge in [0.2, 0.25) is 0 Å². The number of fused-ring (bicyclic) bond motifs is 1. The number of carbonyl (C=O) groups excluding carboxylic acids is 1. The van der Waals surface area contributed by atoms with Gasteiger partial charge in [-0.3, -0.25) is 4.79 Å². The predicted molar refractivity (Wildman–Crippen MR) is 96.2 cm³/mol. The Bertz CT molecular complexity index is 804. The lowest BCUT2D eigenvalue weighted by molar-refractivity contribution is 0.145. The van der Waals surface area contributed by atoms with Crippen LogP contribution in [0.5, 0.6) is 0 Å². The van der Waals surface area contributed by atoms with Gasteiger partial charge in [-0.25, -0.2) is 4.79 Å². The number of nitrogens with one attached hydrogen (secondary N) is 1. The summed E-state index contributed by atoms with van der Waals surface area (Å²) in [6.45, 7) is 2.39. The number of nitrogens with zero attached hydrogens (tertiary/aromatic N) is 2. The van der Waals surface area contributed by atoms with Crippen molar-refractivity contribution < 1.29 is 4.79 Å². The van der Waals surface area contributed by atoms with Gasteiger partial charge in [-0.15, -0.1) is 0 Å². The average Bonchev–Trinajstić information content (AvgIpc) is 3.06. The molecular formula is C19H25N3O2. The number of amides is 2. The SMILES string of the molecule is Cc1ccc2[nH]c(=O)c(CN(C(=O)N(C)C)C3CCCC3)cc2c1. The maximum atomic E-state index is 12.6. The molecule has 0 aliphatic heterocycles. The topological polar surface area (TPSA) is 56.4 Å². The molecule has 24 heavy (non-hydrogen) atoms. The molecule has 5 nitrogen and oxygen atoms in total. The number of benzene rings is 1. The molecule has 2 amide bonds. The molecule has 128 valence electrons. The number of hydrogen-bond acceptors (Lipinski definition) is 2. The largest absolute Gasteiger partial charge is 0.331 e. The van der Waals surface area contributed by atoms with Gasteiger partial charge in [0.1, 0.15) is 0 Å². The van der Waals surface area contributed by atoms with Gasteiger partial charge in [0.25, 0.3) is 5.56 Å². The summed E-state index contributed by atoms with van der Waals surface area (Å²) in [4.78, 5) is 31.5. The lowest BCUT2D eigenvalue weighted by Crippen LogP contribution is -2.45. The molecule has 0 unspecified atom stereocenters. The number of hydrogen-bond donors (Lipinski definition) is 1. The molecule has 3 rings (SSSR count). The van der Waals surface area contributed by atoms with Gasteiger partial charge in [-0.05, 0) is 43.4 Å². The molecule has 1 N–H and O–H groups in total. The van der Waals surface area contributed by atoms with Crippen molar-refractivity contribution in [3.8, 4) is 0 Å². The summed E-state index contributed by atoms with van der Waals surface area (Å²) in [5, 5.41) is 1.01. The van der Waals surface area contributed by atoms with E-state index < -0.39 is 0 Å². The van der Waals surface area contributed by atoms with Crippen molar-refractivity contribution in [3.05, 3.63) is 45.7 Å². The maximum Gasteiger partial charge on any atom is 0.320 e. The zero-order chi connectivity index (χ0) is 17.3. The molecule has 0 saturated heterocycles. The molecule has 5 heteroatoms. The molecule has 0 bridgehead atoms. The minimum atomic E-state index is -0.110. The normalized spacial score (nSPS) is 15.0. The summed E-state index contributed by atoms with van der Waals surface area (Å²) < 4.78 is 0. The first-order chi connectivity index (χ1) is 11.5. The van der Waals surface area contributed by atoms with E-state index in [9.17, 15) is 9.59 Å². The van der Waals surface area contributed by atoms with Crippen LogP contribution in [-0.4, -0.2) is 41.0 Å². The monoisotopic (exact) mass is 327 g/mol. The Balaban J connectivity index is 1.96. The third-order valence-electron chi connectivity index (χ3n) is 4.81. The second kappa shape index (κ2) is 6.67. The van der Waals surface area contributed by atoms with E-state index in [4.69, 9.17) is 0 Å². The van der Waals surface area contributed by atoms with E-state index in [0.717, 1.165) is 42.1 Å². The summed E-state index contributed by atoms with van der Waals surface area (Å²) in [5.41, 5.74) is 2.52. The highest BCUT2D eigenvalue weighted by Gasteiger charge is 2.28. The molecule has 0 spiro atoms. The smallest absolute Gasteiger partial charge is 0.320 e. The van der Waals surface area contributed by atoms with Crippen LogP contribution in [0, 0.1) is 6.92 Å². The lowest BCUT2D eigenvalue weighted by Gasteiger charge is -2.31. The van der Waals surface area contributed by atoms with Crippen LogP contribution in [0.15, 0.2) is 29.1 Å². The molecule has 1 aliphatic carbocycles. The third kappa shape index (κ3) is 3.30. The highest BCUT2D eigenvalue weighted by molar-refractivity contribution is 5.80.